The monoisotopic (exact) mass is 238 g/mol. The van der Waals surface area contributed by atoms with Crippen molar-refractivity contribution in [3.8, 4) is 0 Å². The van der Waals surface area contributed by atoms with Crippen LogP contribution in [-0.2, 0) is 0 Å². The predicted octanol–water partition coefficient (Wildman–Crippen LogP) is 0.928. The highest BCUT2D eigenvalue weighted by Crippen LogP contribution is 2.00. The van der Waals surface area contributed by atoms with E-state index in [2.05, 4.69) is 34.0 Å². The van der Waals surface area contributed by atoms with Gasteiger partial charge < -0.3 is 15.3 Å². The minimum atomic E-state index is -1.06. The molecule has 17 heavy (non-hydrogen) atoms. The molecule has 0 saturated heterocycles. The zero-order chi connectivity index (χ0) is 12.7. The molecule has 94 valence electrons. The predicted molar refractivity (Wildman–Crippen MR) is 65.3 cm³/mol. The van der Waals surface area contributed by atoms with E-state index in [1.54, 1.807) is 0 Å². The Hall–Kier alpha value is -1.69. The quantitative estimate of drug-likeness (QED) is 0.735. The van der Waals surface area contributed by atoms with E-state index in [9.17, 15) is 4.79 Å². The summed E-state index contributed by atoms with van der Waals surface area (Å²) in [6.45, 7) is 7.96. The second kappa shape index (κ2) is 6.80. The molecule has 0 saturated carbocycles. The van der Waals surface area contributed by atoms with Crippen LogP contribution in [0.3, 0.4) is 0 Å². The zero-order valence-corrected chi connectivity index (χ0v) is 10.2. The summed E-state index contributed by atoms with van der Waals surface area (Å²) < 4.78 is 0. The standard InChI is InChI=1S/C11H18N4O2/c1-3-15(4-2)6-5-12-10-8-13-9(7-14-10)11(16)17/h7-8H,3-6H2,1-2H3,(H,12,14)(H,16,17). The lowest BCUT2D eigenvalue weighted by Crippen LogP contribution is -2.28. The number of rotatable bonds is 7. The molecule has 6 nitrogen and oxygen atoms in total. The first-order valence-electron chi connectivity index (χ1n) is 5.69. The highest BCUT2D eigenvalue weighted by atomic mass is 16.4. The van der Waals surface area contributed by atoms with Crippen molar-refractivity contribution in [3.63, 3.8) is 0 Å². The van der Waals surface area contributed by atoms with Crippen LogP contribution in [0.4, 0.5) is 5.82 Å². The molecular weight excluding hydrogens is 220 g/mol. The number of hydrogen-bond acceptors (Lipinski definition) is 5. The van der Waals surface area contributed by atoms with Gasteiger partial charge in [-0.15, -0.1) is 0 Å². The van der Waals surface area contributed by atoms with Crippen molar-refractivity contribution >= 4 is 11.8 Å². The van der Waals surface area contributed by atoms with E-state index >= 15 is 0 Å². The Morgan fingerprint density at radius 1 is 1.35 bits per heavy atom. The number of hydrogen-bond donors (Lipinski definition) is 2. The molecule has 1 rings (SSSR count). The lowest BCUT2D eigenvalue weighted by atomic mass is 10.4. The van der Waals surface area contributed by atoms with E-state index in [0.29, 0.717) is 5.82 Å². The molecule has 0 atom stereocenters. The van der Waals surface area contributed by atoms with Crippen molar-refractivity contribution in [1.82, 2.24) is 14.9 Å². The second-order valence-electron chi connectivity index (χ2n) is 3.55. The molecule has 0 spiro atoms. The molecule has 1 heterocycles. The molecule has 0 aliphatic rings. The second-order valence-corrected chi connectivity index (χ2v) is 3.55. The first kappa shape index (κ1) is 13.4. The largest absolute Gasteiger partial charge is 0.476 e. The van der Waals surface area contributed by atoms with Gasteiger partial charge in [-0.2, -0.15) is 0 Å². The maximum Gasteiger partial charge on any atom is 0.356 e. The maximum absolute atomic E-state index is 10.6. The van der Waals surface area contributed by atoms with Gasteiger partial charge in [0.15, 0.2) is 5.69 Å². The number of aromatic nitrogens is 2. The van der Waals surface area contributed by atoms with Crippen LogP contribution in [0.1, 0.15) is 24.3 Å². The third-order valence-corrected chi connectivity index (χ3v) is 2.50. The van der Waals surface area contributed by atoms with E-state index in [-0.39, 0.29) is 5.69 Å². The average molecular weight is 238 g/mol. The molecule has 1 aromatic heterocycles. The van der Waals surface area contributed by atoms with Gasteiger partial charge in [-0.05, 0) is 13.1 Å². The third-order valence-electron chi connectivity index (χ3n) is 2.50. The van der Waals surface area contributed by atoms with Crippen LogP contribution in [-0.4, -0.2) is 52.1 Å². The smallest absolute Gasteiger partial charge is 0.356 e. The summed E-state index contributed by atoms with van der Waals surface area (Å²) in [6, 6.07) is 0. The van der Waals surface area contributed by atoms with Gasteiger partial charge in [0, 0.05) is 13.1 Å². The van der Waals surface area contributed by atoms with Crippen molar-refractivity contribution in [3.05, 3.63) is 18.1 Å². The number of carboxylic acids is 1. The van der Waals surface area contributed by atoms with Gasteiger partial charge in [0.1, 0.15) is 5.82 Å². The van der Waals surface area contributed by atoms with Crippen molar-refractivity contribution in [2.24, 2.45) is 0 Å². The van der Waals surface area contributed by atoms with Gasteiger partial charge in [-0.1, -0.05) is 13.8 Å². The first-order chi connectivity index (χ1) is 8.17. The molecule has 0 bridgehead atoms. The highest BCUT2D eigenvalue weighted by Gasteiger charge is 2.04. The molecule has 0 amide bonds. The number of carboxylic acid groups (broad SMARTS) is 1. The Labute approximate surface area is 101 Å². The summed E-state index contributed by atoms with van der Waals surface area (Å²) in [5, 5.41) is 11.8. The summed E-state index contributed by atoms with van der Waals surface area (Å²) in [7, 11) is 0. The minimum Gasteiger partial charge on any atom is -0.476 e. The fourth-order valence-corrected chi connectivity index (χ4v) is 1.41. The van der Waals surface area contributed by atoms with Crippen molar-refractivity contribution in [2.45, 2.75) is 13.8 Å². The summed E-state index contributed by atoms with van der Waals surface area (Å²) in [5.41, 5.74) is -0.0423. The van der Waals surface area contributed by atoms with E-state index in [0.717, 1.165) is 26.2 Å². The van der Waals surface area contributed by atoms with Gasteiger partial charge >= 0.3 is 5.97 Å². The topological polar surface area (TPSA) is 78.4 Å². The zero-order valence-electron chi connectivity index (χ0n) is 10.2. The minimum absolute atomic E-state index is 0.0423. The molecule has 0 unspecified atom stereocenters. The normalized spacial score (nSPS) is 10.5. The molecule has 0 aliphatic heterocycles. The van der Waals surface area contributed by atoms with Gasteiger partial charge in [-0.25, -0.2) is 14.8 Å². The number of carbonyl (C=O) groups is 1. The summed E-state index contributed by atoms with van der Waals surface area (Å²) in [4.78, 5) is 20.6. The average Bonchev–Trinajstić information content (AvgIpc) is 2.35. The molecule has 0 aliphatic carbocycles. The molecule has 6 heteroatoms. The number of likely N-dealkylation sites (N-methyl/N-ethyl adjacent to an activating group) is 1. The Morgan fingerprint density at radius 2 is 2.06 bits per heavy atom. The Morgan fingerprint density at radius 3 is 2.53 bits per heavy atom. The van der Waals surface area contributed by atoms with E-state index in [1.165, 1.54) is 12.4 Å². The number of aromatic carboxylic acids is 1. The first-order valence-corrected chi connectivity index (χ1v) is 5.69. The van der Waals surface area contributed by atoms with Crippen LogP contribution in [0.2, 0.25) is 0 Å². The summed E-state index contributed by atoms with van der Waals surface area (Å²) >= 11 is 0. The number of anilines is 1. The van der Waals surface area contributed by atoms with Crippen LogP contribution in [0.25, 0.3) is 0 Å². The molecule has 0 fully saturated rings. The molecule has 0 radical (unpaired) electrons. The van der Waals surface area contributed by atoms with Crippen LogP contribution in [0, 0.1) is 0 Å². The SMILES string of the molecule is CCN(CC)CCNc1cnc(C(=O)O)cn1. The van der Waals surface area contributed by atoms with Gasteiger partial charge in [-0.3, -0.25) is 0 Å². The summed E-state index contributed by atoms with van der Waals surface area (Å²) in [5.74, 6) is -0.464. The maximum atomic E-state index is 10.6. The van der Waals surface area contributed by atoms with E-state index in [1.807, 2.05) is 0 Å². The van der Waals surface area contributed by atoms with Gasteiger partial charge in [0.05, 0.1) is 12.4 Å². The number of nitrogens with zero attached hydrogens (tertiary/aromatic N) is 3. The third kappa shape index (κ3) is 4.36. The van der Waals surface area contributed by atoms with Crippen molar-refractivity contribution in [1.29, 1.82) is 0 Å². The van der Waals surface area contributed by atoms with Crippen molar-refractivity contribution < 1.29 is 9.90 Å². The van der Waals surface area contributed by atoms with Crippen LogP contribution in [0.5, 0.6) is 0 Å². The summed E-state index contributed by atoms with van der Waals surface area (Å²) in [6.07, 6.45) is 2.69. The van der Waals surface area contributed by atoms with E-state index < -0.39 is 5.97 Å². The Bertz CT molecular complexity index is 349. The fraction of sp³-hybridized carbons (Fsp3) is 0.545. The highest BCUT2D eigenvalue weighted by molar-refractivity contribution is 5.84. The lowest BCUT2D eigenvalue weighted by molar-refractivity contribution is 0.0690. The molecule has 1 aromatic rings. The Balaban J connectivity index is 2.39. The molecule has 2 N–H and O–H groups in total. The van der Waals surface area contributed by atoms with Crippen LogP contribution >= 0.6 is 0 Å². The van der Waals surface area contributed by atoms with Gasteiger partial charge in [0.25, 0.3) is 0 Å². The lowest BCUT2D eigenvalue weighted by Gasteiger charge is -2.17. The Kier molecular flexibility index (Phi) is 5.35. The van der Waals surface area contributed by atoms with Crippen LogP contribution in [0.15, 0.2) is 12.4 Å². The number of nitrogens with one attached hydrogen (secondary N) is 1. The molecule has 0 aromatic carbocycles. The van der Waals surface area contributed by atoms with Crippen LogP contribution < -0.4 is 5.32 Å². The fourth-order valence-electron chi connectivity index (χ4n) is 1.41. The van der Waals surface area contributed by atoms with Gasteiger partial charge in [0.2, 0.25) is 0 Å². The molecular formula is C11H18N4O2. The van der Waals surface area contributed by atoms with Crippen molar-refractivity contribution in [2.75, 3.05) is 31.5 Å². The van der Waals surface area contributed by atoms with E-state index in [4.69, 9.17) is 5.11 Å².